The van der Waals surface area contributed by atoms with E-state index >= 15 is 0 Å². The monoisotopic (exact) mass is 303 g/mol. The fraction of sp³-hybridized carbons (Fsp3) is 0.0769. The lowest BCUT2D eigenvalue weighted by atomic mass is 10.2. The highest BCUT2D eigenvalue weighted by Crippen LogP contribution is 2.23. The van der Waals surface area contributed by atoms with Crippen molar-refractivity contribution in [3.63, 3.8) is 0 Å². The molecule has 0 aliphatic rings. The van der Waals surface area contributed by atoms with E-state index in [1.54, 1.807) is 6.07 Å². The average Bonchev–Trinajstić information content (AvgIpc) is 2.41. The Kier molecular flexibility index (Phi) is 3.80. The number of anilines is 2. The van der Waals surface area contributed by atoms with E-state index in [4.69, 9.17) is 10.00 Å². The summed E-state index contributed by atoms with van der Waals surface area (Å²) < 4.78 is 6.14. The fourth-order valence-electron chi connectivity index (χ4n) is 1.44. The molecular weight excluding hydrogens is 294 g/mol. The minimum absolute atomic E-state index is 0.416. The van der Waals surface area contributed by atoms with E-state index in [-0.39, 0.29) is 0 Å². The van der Waals surface area contributed by atoms with Gasteiger partial charge in [0, 0.05) is 16.2 Å². The lowest BCUT2D eigenvalue weighted by Crippen LogP contribution is -1.96. The van der Waals surface area contributed by atoms with Gasteiger partial charge in [-0.25, -0.2) is 4.98 Å². The molecule has 1 aromatic heterocycles. The van der Waals surface area contributed by atoms with Crippen LogP contribution in [-0.4, -0.2) is 12.1 Å². The molecule has 1 aromatic carbocycles. The van der Waals surface area contributed by atoms with Crippen LogP contribution >= 0.6 is 15.9 Å². The minimum atomic E-state index is 0.416. The zero-order valence-corrected chi connectivity index (χ0v) is 11.2. The van der Waals surface area contributed by atoms with Crippen molar-refractivity contribution in [1.82, 2.24) is 4.98 Å². The van der Waals surface area contributed by atoms with Crippen molar-refractivity contribution in [3.8, 4) is 11.8 Å². The van der Waals surface area contributed by atoms with Gasteiger partial charge in [0.1, 0.15) is 23.2 Å². The van der Waals surface area contributed by atoms with Crippen LogP contribution in [0.25, 0.3) is 0 Å². The predicted molar refractivity (Wildman–Crippen MR) is 72.9 cm³/mol. The van der Waals surface area contributed by atoms with Crippen molar-refractivity contribution in [2.24, 2.45) is 0 Å². The Hall–Kier alpha value is -2.06. The molecule has 0 saturated heterocycles. The summed E-state index contributed by atoms with van der Waals surface area (Å²) in [7, 11) is 1.53. The molecule has 90 valence electrons. The van der Waals surface area contributed by atoms with E-state index in [1.807, 2.05) is 30.3 Å². The number of pyridine rings is 1. The maximum absolute atomic E-state index is 8.87. The van der Waals surface area contributed by atoms with E-state index in [0.29, 0.717) is 17.1 Å². The Labute approximate surface area is 113 Å². The Balaban J connectivity index is 2.25. The standard InChI is InChI=1S/C13H10BrN3O/c1-18-12-6-13(16-8-9(12)7-15)17-11-4-2-10(14)3-5-11/h2-6,8H,1H3,(H,16,17). The van der Waals surface area contributed by atoms with Crippen LogP contribution in [0.4, 0.5) is 11.5 Å². The Morgan fingerprint density at radius 1 is 1.33 bits per heavy atom. The summed E-state index contributed by atoms with van der Waals surface area (Å²) in [6.07, 6.45) is 1.49. The van der Waals surface area contributed by atoms with Crippen molar-refractivity contribution in [1.29, 1.82) is 5.26 Å². The summed E-state index contributed by atoms with van der Waals surface area (Å²) in [5.74, 6) is 1.14. The van der Waals surface area contributed by atoms with Crippen molar-refractivity contribution in [2.45, 2.75) is 0 Å². The zero-order chi connectivity index (χ0) is 13.0. The van der Waals surface area contributed by atoms with Gasteiger partial charge in [-0.1, -0.05) is 15.9 Å². The first-order chi connectivity index (χ1) is 8.72. The fourth-order valence-corrected chi connectivity index (χ4v) is 1.70. The van der Waals surface area contributed by atoms with Gasteiger partial charge >= 0.3 is 0 Å². The predicted octanol–water partition coefficient (Wildman–Crippen LogP) is 3.47. The maximum Gasteiger partial charge on any atom is 0.141 e. The molecule has 5 heteroatoms. The third-order valence-electron chi connectivity index (χ3n) is 2.32. The van der Waals surface area contributed by atoms with Gasteiger partial charge in [-0.15, -0.1) is 0 Å². The highest BCUT2D eigenvalue weighted by molar-refractivity contribution is 9.10. The normalized spacial score (nSPS) is 9.61. The van der Waals surface area contributed by atoms with E-state index < -0.39 is 0 Å². The van der Waals surface area contributed by atoms with Crippen LogP contribution in [0.5, 0.6) is 5.75 Å². The summed E-state index contributed by atoms with van der Waals surface area (Å²) >= 11 is 3.37. The Morgan fingerprint density at radius 2 is 2.06 bits per heavy atom. The van der Waals surface area contributed by atoms with Gasteiger partial charge in [0.05, 0.1) is 13.3 Å². The first-order valence-electron chi connectivity index (χ1n) is 5.19. The van der Waals surface area contributed by atoms with Crippen LogP contribution in [-0.2, 0) is 0 Å². The van der Waals surface area contributed by atoms with Crippen LogP contribution < -0.4 is 10.1 Å². The van der Waals surface area contributed by atoms with Crippen LogP contribution in [0.2, 0.25) is 0 Å². The molecule has 0 atom stereocenters. The number of methoxy groups -OCH3 is 1. The first kappa shape index (κ1) is 12.4. The Bertz CT molecular complexity index is 590. The second kappa shape index (κ2) is 5.52. The number of benzene rings is 1. The molecule has 0 bridgehead atoms. The van der Waals surface area contributed by atoms with Crippen LogP contribution in [0, 0.1) is 11.3 Å². The molecule has 0 unspecified atom stereocenters. The molecule has 1 heterocycles. The molecule has 0 fully saturated rings. The summed E-state index contributed by atoms with van der Waals surface area (Å²) in [6.45, 7) is 0. The number of rotatable bonds is 3. The number of ether oxygens (including phenoxy) is 1. The second-order valence-electron chi connectivity index (χ2n) is 3.51. The van der Waals surface area contributed by atoms with E-state index in [2.05, 4.69) is 26.2 Å². The van der Waals surface area contributed by atoms with Gasteiger partial charge in [-0.05, 0) is 24.3 Å². The number of nitrogens with one attached hydrogen (secondary N) is 1. The highest BCUT2D eigenvalue weighted by Gasteiger charge is 2.05. The number of nitrogens with zero attached hydrogens (tertiary/aromatic N) is 2. The number of halogens is 1. The lowest BCUT2D eigenvalue weighted by Gasteiger charge is -2.08. The van der Waals surface area contributed by atoms with Crippen molar-refractivity contribution in [3.05, 3.63) is 46.6 Å². The van der Waals surface area contributed by atoms with Crippen LogP contribution in [0.1, 0.15) is 5.56 Å². The molecule has 0 saturated carbocycles. The largest absolute Gasteiger partial charge is 0.495 e. The number of aromatic nitrogens is 1. The number of hydrogen-bond acceptors (Lipinski definition) is 4. The van der Waals surface area contributed by atoms with Gasteiger partial charge in [0.25, 0.3) is 0 Å². The van der Waals surface area contributed by atoms with E-state index in [9.17, 15) is 0 Å². The molecule has 2 aromatic rings. The maximum atomic E-state index is 8.87. The zero-order valence-electron chi connectivity index (χ0n) is 9.64. The van der Waals surface area contributed by atoms with Gasteiger partial charge < -0.3 is 10.1 Å². The third-order valence-corrected chi connectivity index (χ3v) is 2.85. The molecule has 1 N–H and O–H groups in total. The molecule has 0 spiro atoms. The highest BCUT2D eigenvalue weighted by atomic mass is 79.9. The topological polar surface area (TPSA) is 57.9 Å². The second-order valence-corrected chi connectivity index (χ2v) is 4.43. The average molecular weight is 304 g/mol. The van der Waals surface area contributed by atoms with Gasteiger partial charge in [0.15, 0.2) is 0 Å². The molecule has 18 heavy (non-hydrogen) atoms. The molecule has 0 aliphatic heterocycles. The van der Waals surface area contributed by atoms with Gasteiger partial charge in [-0.3, -0.25) is 0 Å². The number of hydrogen-bond donors (Lipinski definition) is 1. The molecular formula is C13H10BrN3O. The summed E-state index contributed by atoms with van der Waals surface area (Å²) in [5.41, 5.74) is 1.33. The van der Waals surface area contributed by atoms with E-state index in [0.717, 1.165) is 10.2 Å². The van der Waals surface area contributed by atoms with Crippen molar-refractivity contribution in [2.75, 3.05) is 12.4 Å². The molecule has 0 amide bonds. The summed E-state index contributed by atoms with van der Waals surface area (Å²) in [4.78, 5) is 4.15. The molecule has 2 rings (SSSR count). The SMILES string of the molecule is COc1cc(Nc2ccc(Br)cc2)ncc1C#N. The van der Waals surface area contributed by atoms with Crippen LogP contribution in [0.3, 0.4) is 0 Å². The summed E-state index contributed by atoms with van der Waals surface area (Å²) in [6, 6.07) is 11.4. The van der Waals surface area contributed by atoms with Gasteiger partial charge in [-0.2, -0.15) is 5.26 Å². The molecule has 4 nitrogen and oxygen atoms in total. The smallest absolute Gasteiger partial charge is 0.141 e. The first-order valence-corrected chi connectivity index (χ1v) is 5.99. The Morgan fingerprint density at radius 3 is 2.67 bits per heavy atom. The van der Waals surface area contributed by atoms with E-state index in [1.165, 1.54) is 13.3 Å². The summed E-state index contributed by atoms with van der Waals surface area (Å²) in [5, 5.41) is 12.0. The third kappa shape index (κ3) is 2.79. The minimum Gasteiger partial charge on any atom is -0.495 e. The van der Waals surface area contributed by atoms with Crippen LogP contribution in [0.15, 0.2) is 41.0 Å². The molecule has 0 radical (unpaired) electrons. The van der Waals surface area contributed by atoms with Crippen molar-refractivity contribution < 1.29 is 4.74 Å². The molecule has 0 aliphatic carbocycles. The van der Waals surface area contributed by atoms with Gasteiger partial charge in [0.2, 0.25) is 0 Å². The number of nitriles is 1. The quantitative estimate of drug-likeness (QED) is 0.943. The van der Waals surface area contributed by atoms with Crippen molar-refractivity contribution >= 4 is 27.4 Å². The lowest BCUT2D eigenvalue weighted by molar-refractivity contribution is 0.413.